The molecular formula is C13H11F3N2O2S. The number of nitrogen functional groups attached to an aromatic ring is 1. The third-order valence-corrected chi connectivity index (χ3v) is 3.84. The van der Waals surface area contributed by atoms with Crippen molar-refractivity contribution in [3.8, 4) is 5.75 Å². The maximum absolute atomic E-state index is 12.1. The molecule has 1 heterocycles. The van der Waals surface area contributed by atoms with Crippen molar-refractivity contribution in [2.75, 3.05) is 5.73 Å². The first kappa shape index (κ1) is 15.3. The molecule has 0 saturated carbocycles. The Morgan fingerprint density at radius 3 is 2.43 bits per heavy atom. The molecule has 0 amide bonds. The van der Waals surface area contributed by atoms with Crippen molar-refractivity contribution in [2.45, 2.75) is 17.1 Å². The Morgan fingerprint density at radius 1 is 1.19 bits per heavy atom. The fourth-order valence-corrected chi connectivity index (χ4v) is 2.74. The lowest BCUT2D eigenvalue weighted by Gasteiger charge is -2.09. The smallest absolute Gasteiger partial charge is 0.406 e. The molecule has 0 aliphatic carbocycles. The van der Waals surface area contributed by atoms with E-state index in [1.807, 2.05) is 0 Å². The molecular weight excluding hydrogens is 305 g/mol. The van der Waals surface area contributed by atoms with Crippen LogP contribution in [0.15, 0.2) is 47.6 Å². The molecule has 0 aliphatic heterocycles. The van der Waals surface area contributed by atoms with E-state index in [0.29, 0.717) is 11.3 Å². The van der Waals surface area contributed by atoms with E-state index >= 15 is 0 Å². The molecule has 1 unspecified atom stereocenters. The molecule has 112 valence electrons. The van der Waals surface area contributed by atoms with Crippen LogP contribution in [0.1, 0.15) is 5.56 Å². The van der Waals surface area contributed by atoms with Crippen LogP contribution in [0.25, 0.3) is 0 Å². The van der Waals surface area contributed by atoms with Gasteiger partial charge < -0.3 is 10.5 Å². The highest BCUT2D eigenvalue weighted by atomic mass is 32.2. The summed E-state index contributed by atoms with van der Waals surface area (Å²) in [5.74, 6) is -0.220. The topological polar surface area (TPSA) is 65.2 Å². The second-order valence-corrected chi connectivity index (χ2v) is 5.45. The first-order chi connectivity index (χ1) is 9.85. The summed E-state index contributed by atoms with van der Waals surface area (Å²) in [4.78, 5) is 3.94. The molecule has 21 heavy (non-hydrogen) atoms. The highest BCUT2D eigenvalue weighted by Crippen LogP contribution is 2.23. The van der Waals surface area contributed by atoms with E-state index in [9.17, 15) is 17.4 Å². The van der Waals surface area contributed by atoms with Gasteiger partial charge in [-0.05, 0) is 29.8 Å². The van der Waals surface area contributed by atoms with Gasteiger partial charge in [-0.1, -0.05) is 12.1 Å². The van der Waals surface area contributed by atoms with Gasteiger partial charge in [0.25, 0.3) is 0 Å². The Hall–Kier alpha value is -2.09. The van der Waals surface area contributed by atoms with E-state index in [1.54, 1.807) is 12.1 Å². The molecule has 2 N–H and O–H groups in total. The first-order valence-electron chi connectivity index (χ1n) is 5.79. The maximum Gasteiger partial charge on any atom is 0.573 e. The van der Waals surface area contributed by atoms with E-state index in [2.05, 4.69) is 9.72 Å². The summed E-state index contributed by atoms with van der Waals surface area (Å²) >= 11 is 0. The van der Waals surface area contributed by atoms with Crippen LogP contribution < -0.4 is 10.5 Å². The maximum atomic E-state index is 12.1. The number of pyridine rings is 1. The zero-order chi connectivity index (χ0) is 15.5. The predicted molar refractivity (Wildman–Crippen MR) is 71.9 cm³/mol. The molecule has 8 heteroatoms. The van der Waals surface area contributed by atoms with Crippen LogP contribution in [0.3, 0.4) is 0 Å². The Morgan fingerprint density at radius 2 is 1.86 bits per heavy atom. The third kappa shape index (κ3) is 4.45. The largest absolute Gasteiger partial charge is 0.573 e. The zero-order valence-corrected chi connectivity index (χ0v) is 11.4. The number of ether oxygens (including phenoxy) is 1. The van der Waals surface area contributed by atoms with Gasteiger partial charge in [0.05, 0.1) is 22.2 Å². The first-order valence-corrected chi connectivity index (χ1v) is 7.10. The molecule has 0 bridgehead atoms. The summed E-state index contributed by atoms with van der Waals surface area (Å²) < 4.78 is 51.9. The van der Waals surface area contributed by atoms with Gasteiger partial charge in [-0.15, -0.1) is 13.2 Å². The Kier molecular flexibility index (Phi) is 4.46. The molecule has 0 fully saturated rings. The van der Waals surface area contributed by atoms with Crippen LogP contribution in [0.5, 0.6) is 5.75 Å². The number of rotatable bonds is 4. The Balaban J connectivity index is 2.07. The standard InChI is InChI=1S/C13H11F3N2O2S/c14-13(15,16)20-10-5-3-9(4-6-10)8-21(19)12-11(17)2-1-7-18-12/h1-7H,8,17H2. The SMILES string of the molecule is Nc1cccnc1S(=O)Cc1ccc(OC(F)(F)F)cc1. The van der Waals surface area contributed by atoms with Crippen molar-refractivity contribution >= 4 is 16.5 Å². The summed E-state index contributed by atoms with van der Waals surface area (Å²) in [5.41, 5.74) is 6.57. The highest BCUT2D eigenvalue weighted by Gasteiger charge is 2.30. The van der Waals surface area contributed by atoms with Crippen LogP contribution in [0.2, 0.25) is 0 Å². The molecule has 0 aliphatic rings. The number of anilines is 1. The van der Waals surface area contributed by atoms with E-state index in [1.165, 1.54) is 30.5 Å². The van der Waals surface area contributed by atoms with Gasteiger partial charge in [-0.2, -0.15) is 0 Å². The lowest BCUT2D eigenvalue weighted by atomic mass is 10.2. The van der Waals surface area contributed by atoms with Gasteiger partial charge in [0, 0.05) is 6.20 Å². The number of benzene rings is 1. The van der Waals surface area contributed by atoms with Crippen LogP contribution in [-0.4, -0.2) is 15.6 Å². The number of alkyl halides is 3. The van der Waals surface area contributed by atoms with Gasteiger partial charge in [0.15, 0.2) is 0 Å². The molecule has 1 aromatic heterocycles. The second-order valence-electron chi connectivity index (χ2n) is 4.08. The number of halogens is 3. The molecule has 2 rings (SSSR count). The van der Waals surface area contributed by atoms with Crippen molar-refractivity contribution < 1.29 is 22.1 Å². The summed E-state index contributed by atoms with van der Waals surface area (Å²) in [6.07, 6.45) is -3.25. The minimum absolute atomic E-state index is 0.105. The number of nitrogens with two attached hydrogens (primary N) is 1. The summed E-state index contributed by atoms with van der Waals surface area (Å²) in [6, 6.07) is 8.37. The highest BCUT2D eigenvalue weighted by molar-refractivity contribution is 7.84. The van der Waals surface area contributed by atoms with E-state index < -0.39 is 17.2 Å². The summed E-state index contributed by atoms with van der Waals surface area (Å²) in [7, 11) is -1.47. The minimum atomic E-state index is -4.73. The lowest BCUT2D eigenvalue weighted by molar-refractivity contribution is -0.274. The average Bonchev–Trinajstić information content (AvgIpc) is 2.40. The van der Waals surface area contributed by atoms with Crippen molar-refractivity contribution in [3.63, 3.8) is 0 Å². The van der Waals surface area contributed by atoms with E-state index in [-0.39, 0.29) is 16.5 Å². The second kappa shape index (κ2) is 6.13. The van der Waals surface area contributed by atoms with Crippen LogP contribution in [-0.2, 0) is 16.6 Å². The van der Waals surface area contributed by atoms with E-state index in [4.69, 9.17) is 5.73 Å². The average molecular weight is 316 g/mol. The van der Waals surface area contributed by atoms with Crippen LogP contribution in [0, 0.1) is 0 Å². The van der Waals surface area contributed by atoms with E-state index in [0.717, 1.165) is 0 Å². The molecule has 1 aromatic carbocycles. The zero-order valence-electron chi connectivity index (χ0n) is 10.6. The number of aromatic nitrogens is 1. The fourth-order valence-electron chi connectivity index (χ4n) is 1.60. The van der Waals surface area contributed by atoms with Gasteiger partial charge in [0.1, 0.15) is 10.8 Å². The quantitative estimate of drug-likeness (QED) is 0.942. The summed E-state index contributed by atoms with van der Waals surface area (Å²) in [6.45, 7) is 0. The molecule has 4 nitrogen and oxygen atoms in total. The summed E-state index contributed by atoms with van der Waals surface area (Å²) in [5, 5.41) is 0.258. The normalized spacial score (nSPS) is 12.9. The number of hydrogen-bond donors (Lipinski definition) is 1. The minimum Gasteiger partial charge on any atom is -0.406 e. The van der Waals surface area contributed by atoms with Crippen molar-refractivity contribution in [1.29, 1.82) is 0 Å². The number of nitrogens with zero attached hydrogens (tertiary/aromatic N) is 1. The van der Waals surface area contributed by atoms with Crippen molar-refractivity contribution in [3.05, 3.63) is 48.2 Å². The lowest BCUT2D eigenvalue weighted by Crippen LogP contribution is -2.17. The van der Waals surface area contributed by atoms with Gasteiger partial charge in [0.2, 0.25) is 0 Å². The number of hydrogen-bond acceptors (Lipinski definition) is 4. The fraction of sp³-hybridized carbons (Fsp3) is 0.154. The van der Waals surface area contributed by atoms with Crippen LogP contribution in [0.4, 0.5) is 18.9 Å². The molecule has 2 aromatic rings. The van der Waals surface area contributed by atoms with Gasteiger partial charge >= 0.3 is 6.36 Å². The third-order valence-electron chi connectivity index (χ3n) is 2.47. The van der Waals surface area contributed by atoms with Crippen molar-refractivity contribution in [2.24, 2.45) is 0 Å². The Labute approximate surface area is 121 Å². The predicted octanol–water partition coefficient (Wildman–Crippen LogP) is 2.87. The Bertz CT molecular complexity index is 645. The van der Waals surface area contributed by atoms with Crippen LogP contribution >= 0.6 is 0 Å². The molecule has 0 radical (unpaired) electrons. The molecule has 1 atom stereocenters. The molecule has 0 spiro atoms. The van der Waals surface area contributed by atoms with Gasteiger partial charge in [-0.25, -0.2) is 4.98 Å². The monoisotopic (exact) mass is 316 g/mol. The van der Waals surface area contributed by atoms with Crippen molar-refractivity contribution in [1.82, 2.24) is 4.98 Å². The van der Waals surface area contributed by atoms with Gasteiger partial charge in [-0.3, -0.25) is 4.21 Å². The molecule has 0 saturated heterocycles.